The molecule has 1 heterocycles. The van der Waals surface area contributed by atoms with Crippen molar-refractivity contribution in [2.24, 2.45) is 0 Å². The maximum atomic E-state index is 4.31. The van der Waals surface area contributed by atoms with Crippen LogP contribution in [0.3, 0.4) is 0 Å². The number of fused-ring (bicyclic) bond motifs is 1. The zero-order valence-corrected chi connectivity index (χ0v) is 15.6. The average molecular weight is 331 g/mol. The van der Waals surface area contributed by atoms with Crippen LogP contribution in [0.4, 0.5) is 0 Å². The number of hydrogen-bond donors (Lipinski definition) is 0. The SMILES string of the molecule is C=C(S/C(C)=C\C)C1=Cc2sc(C)c(C3CCCCC3)c2C1. The number of rotatable bonds is 4. The molecule has 118 valence electrons. The molecule has 2 heteroatoms. The summed E-state index contributed by atoms with van der Waals surface area (Å²) in [5, 5.41) is 0. The third-order valence-electron chi connectivity index (χ3n) is 5.00. The Morgan fingerprint density at radius 3 is 2.73 bits per heavy atom. The number of aryl methyl sites for hydroxylation is 1. The molecule has 0 N–H and O–H groups in total. The first-order valence-corrected chi connectivity index (χ1v) is 10.1. The van der Waals surface area contributed by atoms with E-state index in [1.54, 1.807) is 16.0 Å². The standard InChI is InChI=1S/C20H26S2/c1-5-13(2)21-14(3)17-11-18-19(12-17)22-15(4)20(18)16-9-7-6-8-10-16/h5,12,16H,3,6-11H2,1-2,4H3/b13-5-. The second kappa shape index (κ2) is 6.80. The first kappa shape index (κ1) is 16.1. The highest BCUT2D eigenvalue weighted by Gasteiger charge is 2.27. The Morgan fingerprint density at radius 2 is 2.05 bits per heavy atom. The van der Waals surface area contributed by atoms with E-state index in [2.05, 4.69) is 39.5 Å². The molecule has 0 radical (unpaired) electrons. The molecule has 0 unspecified atom stereocenters. The maximum Gasteiger partial charge on any atom is 0.0314 e. The molecule has 3 rings (SSSR count). The topological polar surface area (TPSA) is 0 Å². The molecule has 1 saturated carbocycles. The molecule has 22 heavy (non-hydrogen) atoms. The van der Waals surface area contributed by atoms with Gasteiger partial charge in [0.2, 0.25) is 0 Å². The van der Waals surface area contributed by atoms with Crippen LogP contribution in [-0.2, 0) is 6.42 Å². The quantitative estimate of drug-likeness (QED) is 0.562. The van der Waals surface area contributed by atoms with Crippen molar-refractivity contribution >= 4 is 29.2 Å². The van der Waals surface area contributed by atoms with Crippen LogP contribution in [0.5, 0.6) is 0 Å². The number of hydrogen-bond acceptors (Lipinski definition) is 2. The van der Waals surface area contributed by atoms with Crippen LogP contribution in [0.2, 0.25) is 0 Å². The van der Waals surface area contributed by atoms with E-state index in [-0.39, 0.29) is 0 Å². The highest BCUT2D eigenvalue weighted by atomic mass is 32.2. The van der Waals surface area contributed by atoms with E-state index < -0.39 is 0 Å². The van der Waals surface area contributed by atoms with Gasteiger partial charge in [-0.25, -0.2) is 0 Å². The molecule has 0 bridgehead atoms. The number of allylic oxidation sites excluding steroid dienone is 3. The van der Waals surface area contributed by atoms with E-state index in [9.17, 15) is 0 Å². The van der Waals surface area contributed by atoms with Gasteiger partial charge in [-0.3, -0.25) is 0 Å². The van der Waals surface area contributed by atoms with Gasteiger partial charge < -0.3 is 0 Å². The van der Waals surface area contributed by atoms with E-state index in [1.807, 2.05) is 23.1 Å². The summed E-state index contributed by atoms with van der Waals surface area (Å²) in [6.07, 6.45) is 12.7. The first-order chi connectivity index (χ1) is 10.6. The smallest absolute Gasteiger partial charge is 0.0314 e. The fourth-order valence-corrected chi connectivity index (χ4v) is 5.75. The van der Waals surface area contributed by atoms with Crippen molar-refractivity contribution in [3.63, 3.8) is 0 Å². The van der Waals surface area contributed by atoms with Crippen LogP contribution >= 0.6 is 23.1 Å². The summed E-state index contributed by atoms with van der Waals surface area (Å²) in [5.41, 5.74) is 4.76. The van der Waals surface area contributed by atoms with E-state index in [0.29, 0.717) is 0 Å². The van der Waals surface area contributed by atoms with Crippen molar-refractivity contribution in [2.45, 2.75) is 65.2 Å². The summed E-state index contributed by atoms with van der Waals surface area (Å²) in [7, 11) is 0. The summed E-state index contributed by atoms with van der Waals surface area (Å²) in [4.78, 5) is 5.64. The zero-order valence-electron chi connectivity index (χ0n) is 14.0. The Labute approximate surface area is 143 Å². The van der Waals surface area contributed by atoms with Gasteiger partial charge in [-0.2, -0.15) is 0 Å². The van der Waals surface area contributed by atoms with E-state index >= 15 is 0 Å². The fourth-order valence-electron chi connectivity index (χ4n) is 3.75. The number of thiophene rings is 1. The highest BCUT2D eigenvalue weighted by molar-refractivity contribution is 8.06. The molecule has 0 amide bonds. The minimum atomic E-state index is 0.819. The molecule has 0 aromatic carbocycles. The van der Waals surface area contributed by atoms with Gasteiger partial charge >= 0.3 is 0 Å². The lowest BCUT2D eigenvalue weighted by molar-refractivity contribution is 0.442. The molecule has 0 aliphatic heterocycles. The first-order valence-electron chi connectivity index (χ1n) is 8.43. The van der Waals surface area contributed by atoms with Crippen LogP contribution in [0.15, 0.2) is 28.0 Å². The van der Waals surface area contributed by atoms with Crippen LogP contribution in [0.1, 0.15) is 72.8 Å². The molecule has 1 aromatic rings. The predicted octanol–water partition coefficient (Wildman–Crippen LogP) is 7.21. The zero-order chi connectivity index (χ0) is 15.7. The molecule has 0 nitrogen and oxygen atoms in total. The molecule has 0 saturated heterocycles. The van der Waals surface area contributed by atoms with Gasteiger partial charge in [0.15, 0.2) is 0 Å². The van der Waals surface area contributed by atoms with Crippen molar-refractivity contribution in [2.75, 3.05) is 0 Å². The Balaban J connectivity index is 1.81. The fraction of sp³-hybridized carbons (Fsp3) is 0.500. The van der Waals surface area contributed by atoms with Crippen LogP contribution in [-0.4, -0.2) is 0 Å². The van der Waals surface area contributed by atoms with Crippen molar-refractivity contribution < 1.29 is 0 Å². The van der Waals surface area contributed by atoms with E-state index in [0.717, 1.165) is 12.3 Å². The number of thioether (sulfide) groups is 1. The molecule has 0 atom stereocenters. The van der Waals surface area contributed by atoms with Gasteiger partial charge in [-0.05, 0) is 67.2 Å². The van der Waals surface area contributed by atoms with Gasteiger partial charge in [-0.15, -0.1) is 11.3 Å². The molecular weight excluding hydrogens is 304 g/mol. The largest absolute Gasteiger partial charge is 0.141 e. The molecule has 1 fully saturated rings. The minimum absolute atomic E-state index is 0.819. The van der Waals surface area contributed by atoms with E-state index in [4.69, 9.17) is 0 Å². The molecule has 1 aromatic heterocycles. The van der Waals surface area contributed by atoms with Gasteiger partial charge in [0.25, 0.3) is 0 Å². The lowest BCUT2D eigenvalue weighted by Gasteiger charge is -2.23. The predicted molar refractivity (Wildman–Crippen MR) is 103 cm³/mol. The molecular formula is C20H26S2. The molecule has 0 spiro atoms. The second-order valence-electron chi connectivity index (χ2n) is 6.52. The third kappa shape index (κ3) is 3.14. The van der Waals surface area contributed by atoms with Crippen LogP contribution in [0.25, 0.3) is 6.08 Å². The Bertz CT molecular complexity index is 637. The van der Waals surface area contributed by atoms with Crippen molar-refractivity contribution in [1.82, 2.24) is 0 Å². The Hall–Kier alpha value is -0.730. The molecule has 2 aliphatic rings. The minimum Gasteiger partial charge on any atom is -0.141 e. The Morgan fingerprint density at radius 1 is 1.32 bits per heavy atom. The van der Waals surface area contributed by atoms with Crippen molar-refractivity contribution in [3.05, 3.63) is 48.9 Å². The molecule has 2 aliphatic carbocycles. The van der Waals surface area contributed by atoms with E-state index in [1.165, 1.54) is 52.4 Å². The maximum absolute atomic E-state index is 4.31. The van der Waals surface area contributed by atoms with Gasteiger partial charge in [-0.1, -0.05) is 43.7 Å². The van der Waals surface area contributed by atoms with Gasteiger partial charge in [0.05, 0.1) is 0 Å². The highest BCUT2D eigenvalue weighted by Crippen LogP contribution is 2.46. The van der Waals surface area contributed by atoms with Crippen molar-refractivity contribution in [3.8, 4) is 0 Å². The third-order valence-corrected chi connectivity index (χ3v) is 7.18. The van der Waals surface area contributed by atoms with Gasteiger partial charge in [0.1, 0.15) is 0 Å². The summed E-state index contributed by atoms with van der Waals surface area (Å²) in [6.45, 7) is 10.9. The monoisotopic (exact) mass is 330 g/mol. The van der Waals surface area contributed by atoms with Crippen LogP contribution < -0.4 is 0 Å². The average Bonchev–Trinajstić information content (AvgIpc) is 3.04. The van der Waals surface area contributed by atoms with Gasteiger partial charge in [0, 0.05) is 21.1 Å². The Kier molecular flexibility index (Phi) is 4.99. The lowest BCUT2D eigenvalue weighted by atomic mass is 9.82. The lowest BCUT2D eigenvalue weighted by Crippen LogP contribution is -2.07. The summed E-state index contributed by atoms with van der Waals surface area (Å²) >= 11 is 3.82. The van der Waals surface area contributed by atoms with Crippen LogP contribution in [0, 0.1) is 6.92 Å². The normalized spacial score (nSPS) is 19.2. The second-order valence-corrected chi connectivity index (χ2v) is 9.12. The summed E-state index contributed by atoms with van der Waals surface area (Å²) in [5.74, 6) is 0.819. The summed E-state index contributed by atoms with van der Waals surface area (Å²) < 4.78 is 0. The van der Waals surface area contributed by atoms with Crippen molar-refractivity contribution in [1.29, 1.82) is 0 Å². The summed E-state index contributed by atoms with van der Waals surface area (Å²) in [6, 6.07) is 0.